The molecule has 8 heteroatoms. The minimum absolute atomic E-state index is 0. The number of ether oxygens (including phenoxy) is 1. The van der Waals surface area contributed by atoms with Gasteiger partial charge in [-0.2, -0.15) is 13.2 Å². The van der Waals surface area contributed by atoms with Gasteiger partial charge in [0.1, 0.15) is 5.75 Å². The SMILES string of the molecule is CC(Oc1ccccc1C(F)(F)F)C(=O)NC(C)(CN)C1CC1.Cl. The lowest BCUT2D eigenvalue weighted by Gasteiger charge is -2.31. The maximum Gasteiger partial charge on any atom is 0.419 e. The Morgan fingerprint density at radius 3 is 2.46 bits per heavy atom. The quantitative estimate of drug-likeness (QED) is 0.813. The molecule has 0 spiro atoms. The molecule has 0 aromatic heterocycles. The number of halogens is 4. The number of rotatable bonds is 6. The number of nitrogens with one attached hydrogen (secondary N) is 1. The van der Waals surface area contributed by atoms with E-state index in [1.54, 1.807) is 0 Å². The third-order valence-corrected chi connectivity index (χ3v) is 4.18. The third kappa shape index (κ3) is 4.77. The highest BCUT2D eigenvalue weighted by Gasteiger charge is 2.42. The summed E-state index contributed by atoms with van der Waals surface area (Å²) in [6.45, 7) is 3.54. The zero-order valence-electron chi connectivity index (χ0n) is 13.5. The third-order valence-electron chi connectivity index (χ3n) is 4.18. The van der Waals surface area contributed by atoms with E-state index in [2.05, 4.69) is 5.32 Å². The van der Waals surface area contributed by atoms with Crippen LogP contribution >= 0.6 is 12.4 Å². The molecule has 136 valence electrons. The molecule has 1 aliphatic carbocycles. The smallest absolute Gasteiger partial charge is 0.419 e. The molecule has 0 bridgehead atoms. The number of alkyl halides is 3. The number of benzene rings is 1. The van der Waals surface area contributed by atoms with Crippen LogP contribution in [0.25, 0.3) is 0 Å². The molecule has 0 heterocycles. The molecule has 3 N–H and O–H groups in total. The first-order chi connectivity index (χ1) is 10.7. The highest BCUT2D eigenvalue weighted by molar-refractivity contribution is 5.85. The number of nitrogens with two attached hydrogens (primary N) is 1. The van der Waals surface area contributed by atoms with Gasteiger partial charge in [0.2, 0.25) is 0 Å². The van der Waals surface area contributed by atoms with Crippen LogP contribution in [-0.2, 0) is 11.0 Å². The summed E-state index contributed by atoms with van der Waals surface area (Å²) in [4.78, 5) is 12.2. The minimum Gasteiger partial charge on any atom is -0.480 e. The maximum atomic E-state index is 12.9. The van der Waals surface area contributed by atoms with E-state index in [1.165, 1.54) is 25.1 Å². The van der Waals surface area contributed by atoms with Crippen molar-refractivity contribution in [3.8, 4) is 5.75 Å². The first kappa shape index (κ1) is 20.6. The number of para-hydroxylation sites is 1. The summed E-state index contributed by atoms with van der Waals surface area (Å²) in [6.07, 6.45) is -3.62. The van der Waals surface area contributed by atoms with Gasteiger partial charge in [0.05, 0.1) is 11.1 Å². The van der Waals surface area contributed by atoms with Crippen molar-refractivity contribution < 1.29 is 22.7 Å². The Morgan fingerprint density at radius 1 is 1.38 bits per heavy atom. The molecule has 0 aliphatic heterocycles. The molecule has 1 fully saturated rings. The van der Waals surface area contributed by atoms with E-state index in [-0.39, 0.29) is 24.7 Å². The number of hydrogen-bond acceptors (Lipinski definition) is 3. The Labute approximate surface area is 145 Å². The summed E-state index contributed by atoms with van der Waals surface area (Å²) >= 11 is 0. The molecule has 1 saturated carbocycles. The number of carbonyl (C=O) groups excluding carboxylic acids is 1. The van der Waals surface area contributed by atoms with Crippen molar-refractivity contribution in [1.29, 1.82) is 0 Å². The van der Waals surface area contributed by atoms with Crippen LogP contribution in [0.15, 0.2) is 24.3 Å². The van der Waals surface area contributed by atoms with Crippen LogP contribution in [0.4, 0.5) is 13.2 Å². The largest absolute Gasteiger partial charge is 0.480 e. The highest BCUT2D eigenvalue weighted by atomic mass is 35.5. The Hall–Kier alpha value is -1.47. The van der Waals surface area contributed by atoms with Crippen molar-refractivity contribution in [3.05, 3.63) is 29.8 Å². The summed E-state index contributed by atoms with van der Waals surface area (Å²) in [5, 5.41) is 2.81. The van der Waals surface area contributed by atoms with E-state index in [1.807, 2.05) is 6.92 Å². The fourth-order valence-electron chi connectivity index (χ4n) is 2.47. The molecule has 1 aromatic rings. The molecule has 2 unspecified atom stereocenters. The molecular formula is C16H22ClF3N2O2. The second-order valence-electron chi connectivity index (χ2n) is 6.14. The van der Waals surface area contributed by atoms with Gasteiger partial charge in [-0.15, -0.1) is 12.4 Å². The normalized spacial score (nSPS) is 18.1. The van der Waals surface area contributed by atoms with Crippen molar-refractivity contribution in [2.24, 2.45) is 11.7 Å². The predicted octanol–water partition coefficient (Wildman–Crippen LogP) is 3.14. The van der Waals surface area contributed by atoms with Gasteiger partial charge in [-0.1, -0.05) is 12.1 Å². The number of hydrogen-bond donors (Lipinski definition) is 2. The van der Waals surface area contributed by atoms with E-state index >= 15 is 0 Å². The van der Waals surface area contributed by atoms with Crippen molar-refractivity contribution >= 4 is 18.3 Å². The van der Waals surface area contributed by atoms with E-state index in [9.17, 15) is 18.0 Å². The first-order valence-electron chi connectivity index (χ1n) is 7.52. The second kappa shape index (κ2) is 7.61. The minimum atomic E-state index is -4.54. The summed E-state index contributed by atoms with van der Waals surface area (Å²) in [7, 11) is 0. The van der Waals surface area contributed by atoms with Gasteiger partial charge in [-0.3, -0.25) is 4.79 Å². The molecule has 1 aromatic carbocycles. The van der Waals surface area contributed by atoms with Gasteiger partial charge in [0, 0.05) is 6.54 Å². The Morgan fingerprint density at radius 2 is 1.96 bits per heavy atom. The standard InChI is InChI=1S/C16H21F3N2O2.ClH/c1-10(14(22)21-15(2,9-20)11-7-8-11)23-13-6-4-3-5-12(13)16(17,18)19;/h3-6,10-11H,7-9,20H2,1-2H3,(H,21,22);1H. The molecule has 2 rings (SSSR count). The monoisotopic (exact) mass is 366 g/mol. The van der Waals surface area contributed by atoms with E-state index in [4.69, 9.17) is 10.5 Å². The molecule has 0 radical (unpaired) electrons. The fourth-order valence-corrected chi connectivity index (χ4v) is 2.47. The molecular weight excluding hydrogens is 345 g/mol. The summed E-state index contributed by atoms with van der Waals surface area (Å²) in [5.41, 5.74) is 4.28. The summed E-state index contributed by atoms with van der Waals surface area (Å²) < 4.78 is 44.1. The zero-order valence-corrected chi connectivity index (χ0v) is 14.3. The van der Waals surface area contributed by atoms with Gasteiger partial charge in [0.25, 0.3) is 5.91 Å². The van der Waals surface area contributed by atoms with Crippen molar-refractivity contribution in [2.45, 2.75) is 44.5 Å². The van der Waals surface area contributed by atoms with E-state index in [0.29, 0.717) is 5.92 Å². The van der Waals surface area contributed by atoms with Crippen LogP contribution in [0.1, 0.15) is 32.3 Å². The molecule has 24 heavy (non-hydrogen) atoms. The molecule has 1 amide bonds. The second-order valence-corrected chi connectivity index (χ2v) is 6.14. The average Bonchev–Trinajstić information content (AvgIpc) is 3.31. The molecule has 0 saturated heterocycles. The average molecular weight is 367 g/mol. The topological polar surface area (TPSA) is 64.3 Å². The van der Waals surface area contributed by atoms with Gasteiger partial charge in [-0.05, 0) is 44.7 Å². The lowest BCUT2D eigenvalue weighted by molar-refractivity contribution is -0.141. The lowest BCUT2D eigenvalue weighted by Crippen LogP contribution is -2.56. The van der Waals surface area contributed by atoms with E-state index in [0.717, 1.165) is 18.9 Å². The Kier molecular flexibility index (Phi) is 6.52. The van der Waals surface area contributed by atoms with Gasteiger partial charge in [-0.25, -0.2) is 0 Å². The Bertz CT molecular complexity index is 579. The summed E-state index contributed by atoms with van der Waals surface area (Å²) in [6, 6.07) is 4.84. The van der Waals surface area contributed by atoms with Crippen molar-refractivity contribution in [2.75, 3.05) is 6.54 Å². The van der Waals surface area contributed by atoms with Gasteiger partial charge >= 0.3 is 6.18 Å². The fraction of sp³-hybridized carbons (Fsp3) is 0.562. The van der Waals surface area contributed by atoms with Crippen LogP contribution in [0, 0.1) is 5.92 Å². The predicted molar refractivity (Wildman–Crippen MR) is 87.1 cm³/mol. The van der Waals surface area contributed by atoms with Gasteiger partial charge in [0.15, 0.2) is 6.10 Å². The molecule has 2 atom stereocenters. The Balaban J connectivity index is 0.00000288. The van der Waals surface area contributed by atoms with Crippen LogP contribution in [-0.4, -0.2) is 24.1 Å². The maximum absolute atomic E-state index is 12.9. The molecule has 1 aliphatic rings. The van der Waals surface area contributed by atoms with Crippen LogP contribution < -0.4 is 15.8 Å². The van der Waals surface area contributed by atoms with Crippen molar-refractivity contribution in [3.63, 3.8) is 0 Å². The zero-order chi connectivity index (χ0) is 17.3. The summed E-state index contributed by atoms with van der Waals surface area (Å²) in [5.74, 6) is -0.517. The van der Waals surface area contributed by atoms with Crippen LogP contribution in [0.5, 0.6) is 5.75 Å². The van der Waals surface area contributed by atoms with Crippen LogP contribution in [0.3, 0.4) is 0 Å². The highest BCUT2D eigenvalue weighted by Crippen LogP contribution is 2.39. The number of amides is 1. The first-order valence-corrected chi connectivity index (χ1v) is 7.52. The van der Waals surface area contributed by atoms with Gasteiger partial charge < -0.3 is 15.8 Å². The van der Waals surface area contributed by atoms with Crippen LogP contribution in [0.2, 0.25) is 0 Å². The van der Waals surface area contributed by atoms with Crippen molar-refractivity contribution in [1.82, 2.24) is 5.32 Å². The molecule has 4 nitrogen and oxygen atoms in total. The number of carbonyl (C=O) groups is 1. The lowest BCUT2D eigenvalue weighted by atomic mass is 9.95. The van der Waals surface area contributed by atoms with E-state index < -0.39 is 29.3 Å².